The van der Waals surface area contributed by atoms with Crippen molar-refractivity contribution in [3.05, 3.63) is 84.2 Å². The topological polar surface area (TPSA) is 80.3 Å². The molecule has 0 aliphatic carbocycles. The summed E-state index contributed by atoms with van der Waals surface area (Å²) in [7, 11) is 3.09. The summed E-state index contributed by atoms with van der Waals surface area (Å²) in [5, 5.41) is 3.64. The lowest BCUT2D eigenvalue weighted by Crippen LogP contribution is -2.50. The number of aryl methyl sites for hydroxylation is 1. The van der Waals surface area contributed by atoms with Crippen LogP contribution in [0.1, 0.15) is 5.56 Å². The molecule has 1 aliphatic heterocycles. The van der Waals surface area contributed by atoms with Crippen molar-refractivity contribution >= 4 is 67.7 Å². The van der Waals surface area contributed by atoms with Crippen LogP contribution in [0.5, 0.6) is 0 Å². The van der Waals surface area contributed by atoms with Gasteiger partial charge in [0.05, 0.1) is 11.6 Å². The van der Waals surface area contributed by atoms with E-state index in [4.69, 9.17) is 28.8 Å². The predicted octanol–water partition coefficient (Wildman–Crippen LogP) is 3.56. The third-order valence-corrected chi connectivity index (χ3v) is 7.78. The maximum Gasteiger partial charge on any atom is 0.332 e. The summed E-state index contributed by atoms with van der Waals surface area (Å²) in [6.07, 6.45) is 0. The van der Waals surface area contributed by atoms with Crippen molar-refractivity contribution in [2.75, 3.05) is 36.4 Å². The van der Waals surface area contributed by atoms with Crippen molar-refractivity contribution in [3.63, 3.8) is 0 Å². The van der Waals surface area contributed by atoms with Gasteiger partial charge in [-0.25, -0.2) is 9.18 Å². The van der Waals surface area contributed by atoms with Gasteiger partial charge in [0.25, 0.3) is 5.56 Å². The number of rotatable bonds is 4. The number of benzene rings is 2. The quantitative estimate of drug-likeness (QED) is 0.350. The summed E-state index contributed by atoms with van der Waals surface area (Å²) in [6.45, 7) is 2.78. The molecule has 2 aromatic carbocycles. The van der Waals surface area contributed by atoms with Crippen LogP contribution in [0.2, 0.25) is 5.02 Å². The van der Waals surface area contributed by atoms with E-state index < -0.39 is 11.5 Å². The summed E-state index contributed by atoms with van der Waals surface area (Å²) in [6, 6.07) is 12.2. The number of piperazine rings is 1. The number of hydrogen-bond donors (Lipinski definition) is 1. The molecule has 1 N–H and O–H groups in total. The Kier molecular flexibility index (Phi) is 7.30. The van der Waals surface area contributed by atoms with Gasteiger partial charge in [0.1, 0.15) is 5.82 Å². The molecule has 5 rings (SSSR count). The Morgan fingerprint density at radius 2 is 1.76 bits per heavy atom. The van der Waals surface area contributed by atoms with Crippen LogP contribution in [0, 0.1) is 5.82 Å². The molecule has 0 amide bonds. The van der Waals surface area contributed by atoms with Crippen LogP contribution in [0.25, 0.3) is 11.2 Å². The Bertz CT molecular complexity index is 1660. The summed E-state index contributed by atoms with van der Waals surface area (Å²) in [5.41, 5.74) is 1.51. The summed E-state index contributed by atoms with van der Waals surface area (Å²) in [5.74, 6) is 0.125. The Labute approximate surface area is 236 Å². The monoisotopic (exact) mass is 619 g/mol. The number of nitrogens with zero attached hydrogens (tertiary/aromatic N) is 6. The molecule has 198 valence electrons. The molecule has 9 nitrogen and oxygen atoms in total. The summed E-state index contributed by atoms with van der Waals surface area (Å²) < 4.78 is 18.8. The average Bonchev–Trinajstić information content (AvgIpc) is 3.29. The SMILES string of the molecule is Cn1c(=O)c2c(nc(N3CCN(C(=S)Nc4ccc(F)c(Cl)c4)CC3)n2Cc2ccc(Br)cc2)n(C)c1=O. The number of hydrogen-bond acceptors (Lipinski definition) is 5. The third-order valence-electron chi connectivity index (χ3n) is 6.60. The molecular formula is C25H24BrClFN7O2S. The van der Waals surface area contributed by atoms with Gasteiger partial charge in [-0.05, 0) is 48.1 Å². The summed E-state index contributed by atoms with van der Waals surface area (Å²) >= 11 is 14.9. The second-order valence-electron chi connectivity index (χ2n) is 9.04. The average molecular weight is 621 g/mol. The van der Waals surface area contributed by atoms with Crippen LogP contribution in [-0.4, -0.2) is 54.9 Å². The Hall–Kier alpha value is -3.22. The van der Waals surface area contributed by atoms with E-state index >= 15 is 0 Å². The van der Waals surface area contributed by atoms with Gasteiger partial charge in [-0.3, -0.25) is 18.5 Å². The number of imidazole rings is 1. The predicted molar refractivity (Wildman–Crippen MR) is 155 cm³/mol. The highest BCUT2D eigenvalue weighted by atomic mass is 79.9. The number of halogens is 3. The van der Waals surface area contributed by atoms with Gasteiger partial charge >= 0.3 is 5.69 Å². The van der Waals surface area contributed by atoms with E-state index in [0.717, 1.165) is 14.6 Å². The van der Waals surface area contributed by atoms with Gasteiger partial charge in [0.2, 0.25) is 5.95 Å². The number of nitrogens with one attached hydrogen (secondary N) is 1. The van der Waals surface area contributed by atoms with Crippen LogP contribution in [0.4, 0.5) is 16.0 Å². The van der Waals surface area contributed by atoms with Crippen LogP contribution in [-0.2, 0) is 20.6 Å². The summed E-state index contributed by atoms with van der Waals surface area (Å²) in [4.78, 5) is 34.7. The van der Waals surface area contributed by atoms with Crippen molar-refractivity contribution in [3.8, 4) is 0 Å². The fourth-order valence-electron chi connectivity index (χ4n) is 4.48. The molecule has 0 spiro atoms. The molecule has 0 unspecified atom stereocenters. The van der Waals surface area contributed by atoms with Gasteiger partial charge in [-0.15, -0.1) is 0 Å². The molecule has 0 atom stereocenters. The van der Waals surface area contributed by atoms with Crippen molar-refractivity contribution in [1.82, 2.24) is 23.6 Å². The standard InChI is InChI=1S/C25H24BrClFN7O2S/c1-31-21-20(22(36)32(2)25(31)37)35(14-15-3-5-16(26)6-4-15)23(30-21)33-9-11-34(12-10-33)24(38)29-17-7-8-19(28)18(27)13-17/h3-8,13H,9-12,14H2,1-2H3,(H,29,38). The second kappa shape index (κ2) is 10.5. The lowest BCUT2D eigenvalue weighted by Gasteiger charge is -2.36. The minimum Gasteiger partial charge on any atom is -0.345 e. The number of thiocarbonyl (C=S) groups is 1. The van der Waals surface area contributed by atoms with Gasteiger partial charge in [-0.1, -0.05) is 39.7 Å². The minimum absolute atomic E-state index is 0.0211. The lowest BCUT2D eigenvalue weighted by atomic mass is 10.2. The Morgan fingerprint density at radius 3 is 2.42 bits per heavy atom. The van der Waals surface area contributed by atoms with Crippen molar-refractivity contribution in [1.29, 1.82) is 0 Å². The van der Waals surface area contributed by atoms with Crippen molar-refractivity contribution in [2.24, 2.45) is 14.1 Å². The van der Waals surface area contributed by atoms with E-state index in [2.05, 4.69) is 26.1 Å². The van der Waals surface area contributed by atoms with Crippen molar-refractivity contribution < 1.29 is 4.39 Å². The minimum atomic E-state index is -0.491. The van der Waals surface area contributed by atoms with E-state index in [9.17, 15) is 14.0 Å². The Balaban J connectivity index is 1.43. The fraction of sp³-hybridized carbons (Fsp3) is 0.280. The fourth-order valence-corrected chi connectivity index (χ4v) is 5.23. The zero-order valence-electron chi connectivity index (χ0n) is 20.6. The maximum atomic E-state index is 13.5. The molecule has 2 aromatic heterocycles. The first kappa shape index (κ1) is 26.4. The zero-order valence-corrected chi connectivity index (χ0v) is 23.8. The lowest BCUT2D eigenvalue weighted by molar-refractivity contribution is 0.386. The molecular weight excluding hydrogens is 597 g/mol. The van der Waals surface area contributed by atoms with E-state index in [-0.39, 0.29) is 10.6 Å². The molecule has 1 aliphatic rings. The molecule has 1 saturated heterocycles. The van der Waals surface area contributed by atoms with Crippen LogP contribution in [0.3, 0.4) is 0 Å². The van der Waals surface area contributed by atoms with Gasteiger partial charge < -0.3 is 15.1 Å². The van der Waals surface area contributed by atoms with Gasteiger partial charge in [0, 0.05) is 50.4 Å². The van der Waals surface area contributed by atoms with E-state index in [0.29, 0.717) is 60.6 Å². The zero-order chi connectivity index (χ0) is 27.1. The highest BCUT2D eigenvalue weighted by Crippen LogP contribution is 2.24. The van der Waals surface area contributed by atoms with E-state index in [1.807, 2.05) is 33.7 Å². The molecule has 13 heteroatoms. The highest BCUT2D eigenvalue weighted by Gasteiger charge is 2.26. The second-order valence-corrected chi connectivity index (χ2v) is 10.7. The highest BCUT2D eigenvalue weighted by molar-refractivity contribution is 9.10. The van der Waals surface area contributed by atoms with Crippen LogP contribution in [0.15, 0.2) is 56.5 Å². The molecule has 0 radical (unpaired) electrons. The Morgan fingerprint density at radius 1 is 1.08 bits per heavy atom. The molecule has 0 bridgehead atoms. The van der Waals surface area contributed by atoms with Crippen LogP contribution >= 0.6 is 39.7 Å². The first-order chi connectivity index (χ1) is 18.1. The van der Waals surface area contributed by atoms with E-state index in [1.54, 1.807) is 13.1 Å². The maximum absolute atomic E-state index is 13.5. The molecule has 1 fully saturated rings. The number of anilines is 2. The molecule has 4 aromatic rings. The van der Waals surface area contributed by atoms with E-state index in [1.165, 1.54) is 23.7 Å². The largest absolute Gasteiger partial charge is 0.345 e. The molecule has 0 saturated carbocycles. The van der Waals surface area contributed by atoms with Crippen LogP contribution < -0.4 is 21.5 Å². The van der Waals surface area contributed by atoms with Gasteiger partial charge in [0.15, 0.2) is 16.3 Å². The third kappa shape index (κ3) is 4.95. The molecule has 3 heterocycles. The van der Waals surface area contributed by atoms with Crippen molar-refractivity contribution in [2.45, 2.75) is 6.54 Å². The molecule has 38 heavy (non-hydrogen) atoms. The normalized spacial score (nSPS) is 13.8. The smallest absolute Gasteiger partial charge is 0.332 e. The number of aromatic nitrogens is 4. The first-order valence-corrected chi connectivity index (χ1v) is 13.4. The number of fused-ring (bicyclic) bond motifs is 1. The van der Waals surface area contributed by atoms with Gasteiger partial charge in [-0.2, -0.15) is 4.98 Å². The first-order valence-electron chi connectivity index (χ1n) is 11.8.